The highest BCUT2D eigenvalue weighted by Crippen LogP contribution is 2.16. The lowest BCUT2D eigenvalue weighted by Gasteiger charge is -2.04. The number of nitrogens with zero attached hydrogens (tertiary/aromatic N) is 1. The van der Waals surface area contributed by atoms with E-state index in [9.17, 15) is 0 Å². The molecule has 3 nitrogen and oxygen atoms in total. The molecule has 0 spiro atoms. The van der Waals surface area contributed by atoms with E-state index in [2.05, 4.69) is 34.7 Å². The van der Waals surface area contributed by atoms with E-state index in [1.165, 1.54) is 5.56 Å². The monoisotopic (exact) mass is 247 g/mol. The first-order valence-corrected chi connectivity index (χ1v) is 6.66. The van der Waals surface area contributed by atoms with Crippen LogP contribution in [0.4, 0.5) is 5.13 Å². The van der Waals surface area contributed by atoms with Crippen molar-refractivity contribution in [1.82, 2.24) is 4.98 Å². The molecule has 2 aromatic rings. The second kappa shape index (κ2) is 5.80. The number of benzene rings is 1. The summed E-state index contributed by atoms with van der Waals surface area (Å²) in [5, 5.41) is 6.42. The number of aromatic nitrogens is 1. The molecule has 0 saturated carbocycles. The molecule has 0 amide bonds. The number of hydrogen-bond donors (Lipinski definition) is 2. The third-order valence-corrected chi connectivity index (χ3v) is 3.43. The van der Waals surface area contributed by atoms with Crippen molar-refractivity contribution in [3.8, 4) is 0 Å². The summed E-state index contributed by atoms with van der Waals surface area (Å²) in [5.74, 6) is 0. The Morgan fingerprint density at radius 1 is 1.35 bits per heavy atom. The van der Waals surface area contributed by atoms with E-state index in [0.717, 1.165) is 29.4 Å². The Hall–Kier alpha value is -1.39. The highest BCUT2D eigenvalue weighted by Gasteiger charge is 2.00. The van der Waals surface area contributed by atoms with Crippen LogP contribution < -0.4 is 11.1 Å². The Morgan fingerprint density at radius 3 is 2.88 bits per heavy atom. The molecule has 0 bridgehead atoms. The Morgan fingerprint density at radius 2 is 2.18 bits per heavy atom. The van der Waals surface area contributed by atoms with E-state index in [1.807, 2.05) is 12.1 Å². The number of rotatable bonds is 5. The summed E-state index contributed by atoms with van der Waals surface area (Å²) in [5.41, 5.74) is 9.16. The van der Waals surface area contributed by atoms with Gasteiger partial charge in [0, 0.05) is 18.5 Å². The quantitative estimate of drug-likeness (QED) is 0.854. The van der Waals surface area contributed by atoms with E-state index >= 15 is 0 Å². The molecule has 0 atom stereocenters. The Balaban J connectivity index is 1.96. The lowest BCUT2D eigenvalue weighted by atomic mass is 10.1. The molecule has 0 aliphatic heterocycles. The zero-order chi connectivity index (χ0) is 12.1. The number of nitrogens with two attached hydrogens (primary N) is 1. The number of thiazole rings is 1. The molecule has 4 heteroatoms. The molecule has 0 saturated heterocycles. The van der Waals surface area contributed by atoms with Gasteiger partial charge in [-0.25, -0.2) is 4.98 Å². The van der Waals surface area contributed by atoms with Gasteiger partial charge in [0.15, 0.2) is 5.13 Å². The number of aryl methyl sites for hydroxylation is 1. The normalized spacial score (nSPS) is 10.5. The second-order valence-electron chi connectivity index (χ2n) is 3.88. The molecule has 3 N–H and O–H groups in total. The zero-order valence-corrected chi connectivity index (χ0v) is 10.8. The van der Waals surface area contributed by atoms with Crippen LogP contribution in [-0.2, 0) is 19.5 Å². The maximum Gasteiger partial charge on any atom is 0.183 e. The van der Waals surface area contributed by atoms with Gasteiger partial charge in [0.1, 0.15) is 0 Å². The molecule has 0 aliphatic rings. The van der Waals surface area contributed by atoms with Gasteiger partial charge in [0.25, 0.3) is 0 Å². The summed E-state index contributed by atoms with van der Waals surface area (Å²) in [4.78, 5) is 4.47. The van der Waals surface area contributed by atoms with E-state index in [4.69, 9.17) is 5.73 Å². The molecule has 2 rings (SSSR count). The molecule has 0 aliphatic carbocycles. The Labute approximate surface area is 106 Å². The minimum absolute atomic E-state index is 0.588. The third kappa shape index (κ3) is 3.28. The standard InChI is InChI=1S/C13H17N3S/c1-2-12-9-17-13(16-12)15-8-11-5-3-4-10(6-11)7-14/h3-6,9H,2,7-8,14H2,1H3,(H,15,16). The lowest BCUT2D eigenvalue weighted by Crippen LogP contribution is -2.01. The summed E-state index contributed by atoms with van der Waals surface area (Å²) >= 11 is 1.66. The predicted octanol–water partition coefficient (Wildman–Crippen LogP) is 2.78. The predicted molar refractivity (Wildman–Crippen MR) is 73.2 cm³/mol. The van der Waals surface area contributed by atoms with Crippen molar-refractivity contribution < 1.29 is 0 Å². The van der Waals surface area contributed by atoms with Crippen LogP contribution in [0.25, 0.3) is 0 Å². The van der Waals surface area contributed by atoms with Gasteiger partial charge in [-0.05, 0) is 17.5 Å². The molecule has 0 fully saturated rings. The van der Waals surface area contributed by atoms with Crippen molar-refractivity contribution in [3.05, 3.63) is 46.5 Å². The largest absolute Gasteiger partial charge is 0.357 e. The van der Waals surface area contributed by atoms with Crippen LogP contribution >= 0.6 is 11.3 Å². The minimum Gasteiger partial charge on any atom is -0.357 e. The first-order valence-electron chi connectivity index (χ1n) is 5.78. The summed E-state index contributed by atoms with van der Waals surface area (Å²) < 4.78 is 0. The molecule has 0 unspecified atom stereocenters. The topological polar surface area (TPSA) is 50.9 Å². The van der Waals surface area contributed by atoms with E-state index in [1.54, 1.807) is 11.3 Å². The van der Waals surface area contributed by atoms with Gasteiger partial charge in [-0.3, -0.25) is 0 Å². The summed E-state index contributed by atoms with van der Waals surface area (Å²) in [6.07, 6.45) is 0.987. The molecule has 1 aromatic carbocycles. The molecule has 90 valence electrons. The van der Waals surface area contributed by atoms with Gasteiger partial charge in [-0.1, -0.05) is 31.2 Å². The maximum atomic E-state index is 5.62. The highest BCUT2D eigenvalue weighted by molar-refractivity contribution is 7.13. The smallest absolute Gasteiger partial charge is 0.183 e. The highest BCUT2D eigenvalue weighted by atomic mass is 32.1. The SMILES string of the molecule is CCc1csc(NCc2cccc(CN)c2)n1. The summed E-state index contributed by atoms with van der Waals surface area (Å²) in [6.45, 7) is 3.50. The number of anilines is 1. The molecular formula is C13H17N3S. The van der Waals surface area contributed by atoms with Crippen LogP contribution in [0.3, 0.4) is 0 Å². The zero-order valence-electron chi connectivity index (χ0n) is 9.94. The lowest BCUT2D eigenvalue weighted by molar-refractivity contribution is 1.03. The molecule has 1 aromatic heterocycles. The molecule has 17 heavy (non-hydrogen) atoms. The molecule has 0 radical (unpaired) electrons. The van der Waals surface area contributed by atoms with Crippen molar-refractivity contribution in [2.24, 2.45) is 5.73 Å². The molecule has 1 heterocycles. The first kappa shape index (κ1) is 12.1. The van der Waals surface area contributed by atoms with Gasteiger partial charge < -0.3 is 11.1 Å². The van der Waals surface area contributed by atoms with E-state index < -0.39 is 0 Å². The summed E-state index contributed by atoms with van der Waals surface area (Å²) in [6, 6.07) is 8.31. The van der Waals surface area contributed by atoms with E-state index in [0.29, 0.717) is 6.54 Å². The maximum absolute atomic E-state index is 5.62. The van der Waals surface area contributed by atoms with Crippen molar-refractivity contribution in [2.75, 3.05) is 5.32 Å². The fraction of sp³-hybridized carbons (Fsp3) is 0.308. The first-order chi connectivity index (χ1) is 8.31. The van der Waals surface area contributed by atoms with Gasteiger partial charge >= 0.3 is 0 Å². The van der Waals surface area contributed by atoms with Crippen LogP contribution in [0.1, 0.15) is 23.7 Å². The van der Waals surface area contributed by atoms with Crippen molar-refractivity contribution in [3.63, 3.8) is 0 Å². The van der Waals surface area contributed by atoms with Crippen LogP contribution in [0.15, 0.2) is 29.6 Å². The van der Waals surface area contributed by atoms with Crippen molar-refractivity contribution in [2.45, 2.75) is 26.4 Å². The average Bonchev–Trinajstić information content (AvgIpc) is 2.84. The minimum atomic E-state index is 0.588. The number of hydrogen-bond acceptors (Lipinski definition) is 4. The van der Waals surface area contributed by atoms with Gasteiger partial charge in [0.05, 0.1) is 5.69 Å². The average molecular weight is 247 g/mol. The van der Waals surface area contributed by atoms with Gasteiger partial charge in [-0.15, -0.1) is 11.3 Å². The van der Waals surface area contributed by atoms with Crippen LogP contribution in [0.5, 0.6) is 0 Å². The molecular weight excluding hydrogens is 230 g/mol. The van der Waals surface area contributed by atoms with Gasteiger partial charge in [-0.2, -0.15) is 0 Å². The van der Waals surface area contributed by atoms with Crippen molar-refractivity contribution in [1.29, 1.82) is 0 Å². The fourth-order valence-corrected chi connectivity index (χ4v) is 2.39. The van der Waals surface area contributed by atoms with Crippen LogP contribution in [0.2, 0.25) is 0 Å². The summed E-state index contributed by atoms with van der Waals surface area (Å²) in [7, 11) is 0. The fourth-order valence-electron chi connectivity index (χ4n) is 1.59. The third-order valence-electron chi connectivity index (χ3n) is 2.58. The Bertz CT molecular complexity index is 479. The van der Waals surface area contributed by atoms with Crippen molar-refractivity contribution >= 4 is 16.5 Å². The van der Waals surface area contributed by atoms with E-state index in [-0.39, 0.29) is 0 Å². The van der Waals surface area contributed by atoms with Crippen LogP contribution in [-0.4, -0.2) is 4.98 Å². The second-order valence-corrected chi connectivity index (χ2v) is 4.73. The Kier molecular flexibility index (Phi) is 4.12. The van der Waals surface area contributed by atoms with Crippen LogP contribution in [0, 0.1) is 0 Å². The van der Waals surface area contributed by atoms with Gasteiger partial charge in [0.2, 0.25) is 0 Å². The number of nitrogens with one attached hydrogen (secondary N) is 1.